The molecule has 5 rings (SSSR count). The van der Waals surface area contributed by atoms with E-state index in [1.165, 1.54) is 35.8 Å². The zero-order valence-corrected chi connectivity index (χ0v) is 26.7. The second-order valence-electron chi connectivity index (χ2n) is 11.9. The number of fused-ring (bicyclic) bond motifs is 2. The molecule has 0 bridgehead atoms. The zero-order valence-electron chi connectivity index (χ0n) is 25.9. The summed E-state index contributed by atoms with van der Waals surface area (Å²) in [6.07, 6.45) is 2.87. The number of benzene rings is 2. The van der Waals surface area contributed by atoms with Gasteiger partial charge in [0.2, 0.25) is 0 Å². The van der Waals surface area contributed by atoms with E-state index < -0.39 is 39.3 Å². The predicted molar refractivity (Wildman–Crippen MR) is 168 cm³/mol. The molecule has 46 heavy (non-hydrogen) atoms. The molecule has 0 saturated carbocycles. The number of aromatic nitrogens is 3. The molecule has 0 unspecified atom stereocenters. The van der Waals surface area contributed by atoms with Crippen molar-refractivity contribution in [1.82, 2.24) is 25.2 Å². The molecule has 0 spiro atoms. The summed E-state index contributed by atoms with van der Waals surface area (Å²) in [6.45, 7) is 6.83. The van der Waals surface area contributed by atoms with Gasteiger partial charge in [0, 0.05) is 24.2 Å². The van der Waals surface area contributed by atoms with E-state index in [0.717, 1.165) is 23.1 Å². The first-order chi connectivity index (χ1) is 21.8. The van der Waals surface area contributed by atoms with E-state index in [-0.39, 0.29) is 40.6 Å². The predicted octanol–water partition coefficient (Wildman–Crippen LogP) is 3.72. The first-order valence-electron chi connectivity index (χ1n) is 14.9. The third-order valence-corrected chi connectivity index (χ3v) is 10.2. The summed E-state index contributed by atoms with van der Waals surface area (Å²) >= 11 is 0. The number of ketones is 1. The molecule has 0 saturated heterocycles. The van der Waals surface area contributed by atoms with Gasteiger partial charge in [0.25, 0.3) is 11.8 Å². The number of carboxylic acids is 1. The Kier molecular flexibility index (Phi) is 9.06. The van der Waals surface area contributed by atoms with Crippen LogP contribution in [0, 0.1) is 18.8 Å². The number of nitrogens with zero attached hydrogens (tertiary/aromatic N) is 3. The van der Waals surface area contributed by atoms with Gasteiger partial charge in [-0.3, -0.25) is 19.2 Å². The molecule has 240 valence electrons. The monoisotopic (exact) mass is 645 g/mol. The maximum Gasteiger partial charge on any atom is 0.307 e. The van der Waals surface area contributed by atoms with Crippen molar-refractivity contribution in [3.05, 3.63) is 93.9 Å². The molecule has 4 aromatic rings. The van der Waals surface area contributed by atoms with Crippen LogP contribution in [0.2, 0.25) is 0 Å². The maximum absolute atomic E-state index is 13.5. The van der Waals surface area contributed by atoms with Crippen molar-refractivity contribution in [2.75, 3.05) is 5.75 Å². The van der Waals surface area contributed by atoms with Gasteiger partial charge in [-0.25, -0.2) is 17.9 Å². The number of carbonyl (C=O) groups excluding carboxylic acids is 3. The van der Waals surface area contributed by atoms with Crippen molar-refractivity contribution >= 4 is 39.1 Å². The number of nitrogens with one attached hydrogen (secondary N) is 2. The summed E-state index contributed by atoms with van der Waals surface area (Å²) in [4.78, 5) is 54.5. The van der Waals surface area contributed by atoms with E-state index in [9.17, 15) is 32.7 Å². The van der Waals surface area contributed by atoms with E-state index in [1.807, 2.05) is 13.0 Å². The summed E-state index contributed by atoms with van der Waals surface area (Å²) in [5.41, 5.74) is 4.65. The van der Waals surface area contributed by atoms with Gasteiger partial charge >= 0.3 is 5.97 Å². The van der Waals surface area contributed by atoms with E-state index in [4.69, 9.17) is 0 Å². The Morgan fingerprint density at radius 1 is 1.04 bits per heavy atom. The third-order valence-electron chi connectivity index (χ3n) is 8.46. The Bertz CT molecular complexity index is 1970. The van der Waals surface area contributed by atoms with Gasteiger partial charge in [0.1, 0.15) is 11.4 Å². The van der Waals surface area contributed by atoms with E-state index in [2.05, 4.69) is 20.7 Å². The fourth-order valence-corrected chi connectivity index (χ4v) is 7.55. The van der Waals surface area contributed by atoms with Crippen molar-refractivity contribution in [3.8, 4) is 0 Å². The summed E-state index contributed by atoms with van der Waals surface area (Å²) in [7, 11) is -3.84. The number of carboxylic acid groups (broad SMARTS) is 1. The van der Waals surface area contributed by atoms with Crippen LogP contribution in [0.25, 0.3) is 5.65 Å². The molecule has 13 heteroatoms. The van der Waals surface area contributed by atoms with Gasteiger partial charge in [-0.05, 0) is 67.0 Å². The highest BCUT2D eigenvalue weighted by atomic mass is 32.2. The zero-order chi connectivity index (χ0) is 33.3. The fourth-order valence-electron chi connectivity index (χ4n) is 5.80. The topological polar surface area (TPSA) is 177 Å². The largest absolute Gasteiger partial charge is 0.481 e. The average molecular weight is 646 g/mol. The fraction of sp³-hybridized carbons (Fsp3) is 0.333. The Morgan fingerprint density at radius 2 is 1.76 bits per heavy atom. The van der Waals surface area contributed by atoms with Crippen molar-refractivity contribution in [1.29, 1.82) is 0 Å². The summed E-state index contributed by atoms with van der Waals surface area (Å²) < 4.78 is 27.0. The van der Waals surface area contributed by atoms with Gasteiger partial charge in [-0.15, -0.1) is 0 Å². The summed E-state index contributed by atoms with van der Waals surface area (Å²) in [6, 6.07) is 12.2. The second-order valence-corrected chi connectivity index (χ2v) is 13.9. The summed E-state index contributed by atoms with van der Waals surface area (Å²) in [5, 5.41) is 19.4. The minimum Gasteiger partial charge on any atom is -0.481 e. The highest BCUT2D eigenvalue weighted by Crippen LogP contribution is 2.35. The quantitative estimate of drug-likeness (QED) is 0.205. The smallest absolute Gasteiger partial charge is 0.307 e. The van der Waals surface area contributed by atoms with Crippen molar-refractivity contribution < 1.29 is 32.7 Å². The van der Waals surface area contributed by atoms with E-state index >= 15 is 0 Å². The summed E-state index contributed by atoms with van der Waals surface area (Å²) in [5.74, 6) is -4.04. The van der Waals surface area contributed by atoms with Crippen LogP contribution < -0.4 is 10.6 Å². The molecule has 2 aromatic heterocycles. The lowest BCUT2D eigenvalue weighted by Gasteiger charge is -2.16. The average Bonchev–Trinajstić information content (AvgIpc) is 3.65. The molecular formula is C33H35N5O7S. The molecule has 2 heterocycles. The highest BCUT2D eigenvalue weighted by Gasteiger charge is 2.30. The van der Waals surface area contributed by atoms with E-state index in [0.29, 0.717) is 23.2 Å². The van der Waals surface area contributed by atoms with Gasteiger partial charge in [0.05, 0.1) is 28.8 Å². The molecule has 2 aromatic carbocycles. The Morgan fingerprint density at radius 3 is 2.41 bits per heavy atom. The van der Waals surface area contributed by atoms with E-state index in [1.54, 1.807) is 38.1 Å². The standard InChI is InChI=1S/C33H35N5O7S/c1-18(2)26(33(42)43)17-46(44,45)22-7-5-21(6-8-22)16-34-31(40)28-15-29(38-30(36-28)13-14-35-38)32(41)37-27-12-11-24-19(3)23(20(4)39)9-10-25(24)27/h5-10,13-15,18,26-27H,11-12,16-17H2,1-4H3,(H,34,40)(H,37,41)(H,42,43)/t26-,27-/m0/s1. The number of aliphatic carboxylic acids is 1. The first-order valence-corrected chi connectivity index (χ1v) is 16.5. The molecular weight excluding hydrogens is 610 g/mol. The van der Waals surface area contributed by atoms with Crippen LogP contribution in [0.3, 0.4) is 0 Å². The van der Waals surface area contributed by atoms with Crippen LogP contribution in [0.5, 0.6) is 0 Å². The second kappa shape index (κ2) is 12.8. The van der Waals surface area contributed by atoms with Gasteiger partial charge < -0.3 is 15.7 Å². The van der Waals surface area contributed by atoms with Gasteiger partial charge in [-0.1, -0.05) is 38.1 Å². The highest BCUT2D eigenvalue weighted by molar-refractivity contribution is 7.91. The lowest BCUT2D eigenvalue weighted by molar-refractivity contribution is -0.142. The Labute approximate surface area is 266 Å². The van der Waals surface area contributed by atoms with Crippen LogP contribution in [0.1, 0.15) is 86.8 Å². The normalized spacial score (nSPS) is 15.0. The van der Waals surface area contributed by atoms with Gasteiger partial charge in [0.15, 0.2) is 21.3 Å². The van der Waals surface area contributed by atoms with Crippen LogP contribution >= 0.6 is 0 Å². The number of hydrogen-bond acceptors (Lipinski definition) is 8. The van der Waals surface area contributed by atoms with Crippen LogP contribution in [0.15, 0.2) is 59.6 Å². The Hall–Kier alpha value is -4.91. The molecule has 2 amide bonds. The van der Waals surface area contributed by atoms with Crippen LogP contribution in [0.4, 0.5) is 0 Å². The molecule has 12 nitrogen and oxygen atoms in total. The number of carbonyl (C=O) groups is 4. The SMILES string of the molecule is CC(=O)c1ccc2c(c1C)CC[C@@H]2NC(=O)c1cc(C(=O)NCc2ccc(S(=O)(=O)C[C@H](C(=O)O)C(C)C)cc2)nc2ccnn12. The molecule has 1 aliphatic carbocycles. The number of amides is 2. The lowest BCUT2D eigenvalue weighted by atomic mass is 9.96. The molecule has 0 radical (unpaired) electrons. The molecule has 0 fully saturated rings. The van der Waals surface area contributed by atoms with Gasteiger partial charge in [-0.2, -0.15) is 5.10 Å². The van der Waals surface area contributed by atoms with Crippen molar-refractivity contribution in [3.63, 3.8) is 0 Å². The first kappa shape index (κ1) is 32.5. The number of sulfone groups is 1. The maximum atomic E-state index is 13.5. The van der Waals surface area contributed by atoms with Crippen molar-refractivity contribution in [2.24, 2.45) is 11.8 Å². The lowest BCUT2D eigenvalue weighted by Crippen LogP contribution is -2.30. The molecule has 2 atom stereocenters. The van der Waals surface area contributed by atoms with Crippen molar-refractivity contribution in [2.45, 2.75) is 58.0 Å². The number of hydrogen-bond donors (Lipinski definition) is 3. The Balaban J connectivity index is 1.29. The minimum absolute atomic E-state index is 0.000452. The molecule has 0 aliphatic heterocycles. The molecule has 3 N–H and O–H groups in total. The molecule has 1 aliphatic rings. The number of rotatable bonds is 11. The van der Waals surface area contributed by atoms with Crippen LogP contribution in [-0.2, 0) is 27.6 Å². The minimum atomic E-state index is -3.84. The number of Topliss-reactive ketones (excluding diaryl/α,β-unsaturated/α-hetero) is 1. The van der Waals surface area contributed by atoms with Crippen LogP contribution in [-0.4, -0.2) is 57.4 Å². The third kappa shape index (κ3) is 6.54.